The van der Waals surface area contributed by atoms with Gasteiger partial charge in [0, 0.05) is 33.9 Å². The average Bonchev–Trinajstić information content (AvgIpc) is 3.30. The van der Waals surface area contributed by atoms with E-state index < -0.39 is 10.0 Å². The van der Waals surface area contributed by atoms with E-state index in [4.69, 9.17) is 0 Å². The van der Waals surface area contributed by atoms with Gasteiger partial charge < -0.3 is 0 Å². The maximum absolute atomic E-state index is 12.6. The van der Waals surface area contributed by atoms with Crippen LogP contribution in [0.3, 0.4) is 0 Å². The highest BCUT2D eigenvalue weighted by Crippen LogP contribution is 2.27. The van der Waals surface area contributed by atoms with Crippen molar-refractivity contribution in [1.29, 1.82) is 0 Å². The van der Waals surface area contributed by atoms with E-state index in [0.29, 0.717) is 9.90 Å². The maximum atomic E-state index is 12.6. The fourth-order valence-electron chi connectivity index (χ4n) is 2.51. The van der Waals surface area contributed by atoms with E-state index in [9.17, 15) is 8.42 Å². The summed E-state index contributed by atoms with van der Waals surface area (Å²) >= 11 is 2.86. The zero-order valence-electron chi connectivity index (χ0n) is 13.3. The Labute approximate surface area is 153 Å². The van der Waals surface area contributed by atoms with Gasteiger partial charge in [-0.15, -0.1) is 22.7 Å². The summed E-state index contributed by atoms with van der Waals surface area (Å²) in [6.45, 7) is 2.01. The molecule has 3 heterocycles. The van der Waals surface area contributed by atoms with Gasteiger partial charge >= 0.3 is 0 Å². The number of benzene rings is 1. The highest BCUT2D eigenvalue weighted by Gasteiger charge is 2.17. The molecule has 0 bridgehead atoms. The molecule has 4 aromatic rings. The lowest BCUT2D eigenvalue weighted by Gasteiger charge is -2.07. The van der Waals surface area contributed by atoms with Gasteiger partial charge in [-0.05, 0) is 30.7 Å². The van der Waals surface area contributed by atoms with Crippen LogP contribution in [0.1, 0.15) is 11.8 Å². The number of fused-ring (bicyclic) bond motifs is 1. The highest BCUT2D eigenvalue weighted by atomic mass is 32.2. The zero-order valence-corrected chi connectivity index (χ0v) is 15.8. The van der Waals surface area contributed by atoms with Gasteiger partial charge in [0.1, 0.15) is 4.21 Å². The second-order valence-electron chi connectivity index (χ2n) is 5.48. The monoisotopic (exact) mass is 389 g/mol. The molecule has 1 aromatic carbocycles. The first kappa shape index (κ1) is 16.3. The van der Waals surface area contributed by atoms with E-state index in [-0.39, 0.29) is 0 Å². The molecule has 5 nitrogen and oxygen atoms in total. The van der Waals surface area contributed by atoms with Gasteiger partial charge in [0.15, 0.2) is 4.96 Å². The van der Waals surface area contributed by atoms with Gasteiger partial charge in [-0.2, -0.15) is 0 Å². The third-order valence-corrected chi connectivity index (χ3v) is 7.63. The van der Waals surface area contributed by atoms with E-state index in [2.05, 4.69) is 9.71 Å². The van der Waals surface area contributed by atoms with Crippen LogP contribution in [-0.2, 0) is 16.4 Å². The van der Waals surface area contributed by atoms with Crippen LogP contribution in [-0.4, -0.2) is 17.8 Å². The molecule has 0 spiro atoms. The van der Waals surface area contributed by atoms with Crippen LogP contribution in [0, 0.1) is 0 Å². The van der Waals surface area contributed by atoms with Crippen LogP contribution in [0.15, 0.2) is 58.4 Å². The highest BCUT2D eigenvalue weighted by molar-refractivity contribution is 7.94. The van der Waals surface area contributed by atoms with Crippen molar-refractivity contribution in [2.24, 2.45) is 0 Å². The number of aromatic nitrogens is 2. The van der Waals surface area contributed by atoms with Crippen LogP contribution in [0.4, 0.5) is 5.69 Å². The fraction of sp³-hybridized carbons (Fsp3) is 0.118. The van der Waals surface area contributed by atoms with Crippen LogP contribution in [0.25, 0.3) is 16.2 Å². The summed E-state index contributed by atoms with van der Waals surface area (Å²) in [5.41, 5.74) is 2.22. The van der Waals surface area contributed by atoms with Crippen molar-refractivity contribution in [3.8, 4) is 11.3 Å². The number of imidazole rings is 1. The topological polar surface area (TPSA) is 63.5 Å². The Morgan fingerprint density at radius 3 is 2.88 bits per heavy atom. The predicted molar refractivity (Wildman–Crippen MR) is 103 cm³/mol. The Balaban J connectivity index is 1.64. The molecule has 0 amide bonds. The van der Waals surface area contributed by atoms with Crippen molar-refractivity contribution < 1.29 is 8.42 Å². The number of hydrogen-bond acceptors (Lipinski definition) is 5. The first-order chi connectivity index (χ1) is 12.0. The van der Waals surface area contributed by atoms with E-state index in [0.717, 1.165) is 27.5 Å². The molecule has 25 heavy (non-hydrogen) atoms. The third-order valence-electron chi connectivity index (χ3n) is 3.75. The normalized spacial score (nSPS) is 11.9. The smallest absolute Gasteiger partial charge is 0.271 e. The average molecular weight is 390 g/mol. The van der Waals surface area contributed by atoms with Crippen LogP contribution in [0.5, 0.6) is 0 Å². The first-order valence-electron chi connectivity index (χ1n) is 7.69. The molecule has 0 aliphatic rings. The molecule has 0 aliphatic heterocycles. The largest absolute Gasteiger partial charge is 0.297 e. The molecule has 0 atom stereocenters. The Bertz CT molecular complexity index is 1110. The summed E-state index contributed by atoms with van der Waals surface area (Å²) in [4.78, 5) is 6.52. The van der Waals surface area contributed by atoms with E-state index in [1.165, 1.54) is 11.3 Å². The second kappa shape index (κ2) is 6.29. The van der Waals surface area contributed by atoms with Crippen molar-refractivity contribution in [3.63, 3.8) is 0 Å². The summed E-state index contributed by atoms with van der Waals surface area (Å²) in [7, 11) is -3.57. The molecule has 3 aromatic heterocycles. The lowest BCUT2D eigenvalue weighted by atomic mass is 10.1. The lowest BCUT2D eigenvalue weighted by Crippen LogP contribution is -2.11. The Kier molecular flexibility index (Phi) is 4.10. The molecule has 0 saturated heterocycles. The molecule has 128 valence electrons. The minimum Gasteiger partial charge on any atom is -0.297 e. The molecule has 4 rings (SSSR count). The van der Waals surface area contributed by atoms with Gasteiger partial charge in [0.25, 0.3) is 10.0 Å². The third kappa shape index (κ3) is 3.20. The fourth-order valence-corrected chi connectivity index (χ4v) is 5.55. The molecule has 0 aliphatic carbocycles. The molecular formula is C17H15N3O2S3. The SMILES string of the molecule is CCc1ccc(S(=O)(=O)Nc2cccc(-c3cn4ccsc4n3)c2)s1. The number of aryl methyl sites for hydroxylation is 1. The van der Waals surface area contributed by atoms with Crippen LogP contribution < -0.4 is 4.72 Å². The number of thiophene rings is 1. The first-order valence-corrected chi connectivity index (χ1v) is 10.9. The van der Waals surface area contributed by atoms with Gasteiger partial charge in [-0.1, -0.05) is 19.1 Å². The summed E-state index contributed by atoms with van der Waals surface area (Å²) in [5.74, 6) is 0. The molecule has 0 fully saturated rings. The van der Waals surface area contributed by atoms with Crippen molar-refractivity contribution in [2.75, 3.05) is 4.72 Å². The predicted octanol–water partition coefficient (Wildman–Crippen LogP) is 4.49. The standard InChI is InChI=1S/C17H15N3O2S3/c1-2-14-6-7-16(24-14)25(21,22)19-13-5-3-4-12(10-13)15-11-20-8-9-23-17(20)18-15/h3-11,19H,2H2,1H3. The Morgan fingerprint density at radius 1 is 1.24 bits per heavy atom. The zero-order chi connectivity index (χ0) is 17.4. The molecular weight excluding hydrogens is 374 g/mol. The van der Waals surface area contributed by atoms with Crippen LogP contribution in [0.2, 0.25) is 0 Å². The maximum Gasteiger partial charge on any atom is 0.271 e. The summed E-state index contributed by atoms with van der Waals surface area (Å²) < 4.78 is 30.1. The van der Waals surface area contributed by atoms with E-state index in [1.807, 2.05) is 47.3 Å². The number of thiazole rings is 1. The molecule has 0 unspecified atom stereocenters. The molecule has 8 heteroatoms. The van der Waals surface area contributed by atoms with E-state index in [1.54, 1.807) is 29.5 Å². The quantitative estimate of drug-likeness (QED) is 0.547. The molecule has 1 N–H and O–H groups in total. The minimum atomic E-state index is -3.57. The van der Waals surface area contributed by atoms with E-state index >= 15 is 0 Å². The summed E-state index contributed by atoms with van der Waals surface area (Å²) in [6, 6.07) is 10.8. The number of sulfonamides is 1. The molecule has 0 saturated carbocycles. The van der Waals surface area contributed by atoms with Gasteiger partial charge in [0.05, 0.1) is 5.69 Å². The van der Waals surface area contributed by atoms with Gasteiger partial charge in [0.2, 0.25) is 0 Å². The number of nitrogens with zero attached hydrogens (tertiary/aromatic N) is 2. The van der Waals surface area contributed by atoms with Crippen molar-refractivity contribution in [1.82, 2.24) is 9.38 Å². The van der Waals surface area contributed by atoms with Crippen molar-refractivity contribution >= 4 is 43.3 Å². The second-order valence-corrected chi connectivity index (χ2v) is 9.43. The Morgan fingerprint density at radius 2 is 2.12 bits per heavy atom. The van der Waals surface area contributed by atoms with Crippen molar-refractivity contribution in [2.45, 2.75) is 17.6 Å². The Hall–Kier alpha value is -2.16. The number of hydrogen-bond donors (Lipinski definition) is 1. The van der Waals surface area contributed by atoms with Crippen LogP contribution >= 0.6 is 22.7 Å². The lowest BCUT2D eigenvalue weighted by molar-refractivity contribution is 0.603. The summed E-state index contributed by atoms with van der Waals surface area (Å²) in [6.07, 6.45) is 4.71. The van der Waals surface area contributed by atoms with Gasteiger partial charge in [-0.3, -0.25) is 9.12 Å². The number of rotatable bonds is 5. The van der Waals surface area contributed by atoms with Crippen molar-refractivity contribution in [3.05, 3.63) is 59.0 Å². The van der Waals surface area contributed by atoms with Gasteiger partial charge in [-0.25, -0.2) is 13.4 Å². The summed E-state index contributed by atoms with van der Waals surface area (Å²) in [5, 5.41) is 1.97. The minimum absolute atomic E-state index is 0.331. The number of nitrogens with one attached hydrogen (secondary N) is 1. The number of anilines is 1. The molecule has 0 radical (unpaired) electrons.